The third-order valence-electron chi connectivity index (χ3n) is 3.30. The monoisotopic (exact) mass is 390 g/mol. The molecule has 0 unspecified atom stereocenters. The average Bonchev–Trinajstić information content (AvgIpc) is 2.69. The van der Waals surface area contributed by atoms with Gasteiger partial charge in [0.05, 0.1) is 9.85 Å². The maximum absolute atomic E-state index is 11.5. The molecule has 0 aliphatic heterocycles. The number of hydrazine groups is 1. The van der Waals surface area contributed by atoms with Gasteiger partial charge in [-0.3, -0.25) is 20.2 Å². The highest BCUT2D eigenvalue weighted by molar-refractivity contribution is 5.73. The molecule has 2 N–H and O–H groups in total. The molecule has 12 nitrogen and oxygen atoms in total. The van der Waals surface area contributed by atoms with Crippen molar-refractivity contribution in [2.75, 3.05) is 0 Å². The molecule has 2 aromatic rings. The van der Waals surface area contributed by atoms with Crippen molar-refractivity contribution in [3.05, 3.63) is 79.9 Å². The van der Waals surface area contributed by atoms with Gasteiger partial charge in [0.15, 0.2) is 0 Å². The Hall–Kier alpha value is -4.22. The largest absolute Gasteiger partial charge is 0.443 e. The molecule has 2 rings (SSSR count). The van der Waals surface area contributed by atoms with Crippen LogP contribution in [0.4, 0.5) is 21.0 Å². The molecule has 28 heavy (non-hydrogen) atoms. The van der Waals surface area contributed by atoms with E-state index in [-0.39, 0.29) is 24.6 Å². The SMILES string of the molecule is O=C(NNC(=O)OCc1ccc([N+](=O)[O-])cc1)OCc1ccc([N+](=O)[O-])cc1. The summed E-state index contributed by atoms with van der Waals surface area (Å²) in [6.45, 7) is -0.327. The van der Waals surface area contributed by atoms with Crippen LogP contribution in [-0.4, -0.2) is 22.0 Å². The van der Waals surface area contributed by atoms with Crippen LogP contribution in [0.25, 0.3) is 0 Å². The molecular formula is C16H14N4O8. The maximum Gasteiger partial charge on any atom is 0.426 e. The maximum atomic E-state index is 11.5. The highest BCUT2D eigenvalue weighted by atomic mass is 16.6. The topological polar surface area (TPSA) is 163 Å². The second kappa shape index (κ2) is 9.47. The molecule has 0 saturated heterocycles. The van der Waals surface area contributed by atoms with E-state index in [0.29, 0.717) is 11.1 Å². The van der Waals surface area contributed by atoms with E-state index in [1.54, 1.807) is 0 Å². The minimum Gasteiger partial charge on any atom is -0.443 e. The molecule has 0 atom stereocenters. The summed E-state index contributed by atoms with van der Waals surface area (Å²) in [5, 5.41) is 21.1. The highest BCUT2D eigenvalue weighted by Crippen LogP contribution is 2.13. The molecule has 0 heterocycles. The summed E-state index contributed by atoms with van der Waals surface area (Å²) in [4.78, 5) is 43.0. The van der Waals surface area contributed by atoms with Crippen LogP contribution in [0.3, 0.4) is 0 Å². The van der Waals surface area contributed by atoms with E-state index in [1.807, 2.05) is 10.9 Å². The fourth-order valence-electron chi connectivity index (χ4n) is 1.90. The fourth-order valence-corrected chi connectivity index (χ4v) is 1.90. The molecule has 0 radical (unpaired) electrons. The molecule has 2 aromatic carbocycles. The number of hydrogen-bond donors (Lipinski definition) is 2. The normalized spacial score (nSPS) is 9.86. The molecule has 0 spiro atoms. The molecule has 2 amide bonds. The smallest absolute Gasteiger partial charge is 0.426 e. The number of nitro benzene ring substituents is 2. The summed E-state index contributed by atoms with van der Waals surface area (Å²) in [5.74, 6) is 0. The predicted molar refractivity (Wildman–Crippen MR) is 92.8 cm³/mol. The highest BCUT2D eigenvalue weighted by Gasteiger charge is 2.09. The van der Waals surface area contributed by atoms with Gasteiger partial charge in [0.1, 0.15) is 13.2 Å². The van der Waals surface area contributed by atoms with Crippen molar-refractivity contribution in [2.45, 2.75) is 13.2 Å². The van der Waals surface area contributed by atoms with Gasteiger partial charge in [0.2, 0.25) is 0 Å². The number of carbonyl (C=O) groups is 2. The van der Waals surface area contributed by atoms with E-state index in [2.05, 4.69) is 0 Å². The summed E-state index contributed by atoms with van der Waals surface area (Å²) in [7, 11) is 0. The molecule has 0 bridgehead atoms. The number of hydrogen-bond acceptors (Lipinski definition) is 8. The number of benzene rings is 2. The predicted octanol–water partition coefficient (Wildman–Crippen LogP) is 2.57. The van der Waals surface area contributed by atoms with Crippen molar-refractivity contribution in [1.82, 2.24) is 10.9 Å². The van der Waals surface area contributed by atoms with Crippen LogP contribution < -0.4 is 10.9 Å². The van der Waals surface area contributed by atoms with E-state index in [1.165, 1.54) is 48.5 Å². The van der Waals surface area contributed by atoms with Crippen LogP contribution in [-0.2, 0) is 22.7 Å². The Balaban J connectivity index is 1.68. The van der Waals surface area contributed by atoms with Crippen LogP contribution in [0.5, 0.6) is 0 Å². The Morgan fingerprint density at radius 3 is 1.32 bits per heavy atom. The minimum atomic E-state index is -0.967. The van der Waals surface area contributed by atoms with E-state index in [0.717, 1.165) is 0 Å². The van der Waals surface area contributed by atoms with Gasteiger partial charge in [0.25, 0.3) is 11.4 Å². The Labute approximate surface area is 157 Å². The van der Waals surface area contributed by atoms with Crippen LogP contribution in [0.1, 0.15) is 11.1 Å². The number of ether oxygens (including phenoxy) is 2. The van der Waals surface area contributed by atoms with Crippen LogP contribution >= 0.6 is 0 Å². The number of nitro groups is 2. The molecule has 0 aliphatic rings. The van der Waals surface area contributed by atoms with Gasteiger partial charge < -0.3 is 9.47 Å². The summed E-state index contributed by atoms with van der Waals surface area (Å²) in [6, 6.07) is 10.8. The zero-order chi connectivity index (χ0) is 20.5. The van der Waals surface area contributed by atoms with Crippen molar-refractivity contribution in [3.63, 3.8) is 0 Å². The van der Waals surface area contributed by atoms with E-state index in [4.69, 9.17) is 9.47 Å². The standard InChI is InChI=1S/C16H14N4O8/c21-15(27-9-11-1-5-13(6-2-11)19(23)24)17-18-16(22)28-10-12-3-7-14(8-4-12)20(25)26/h1-8H,9-10H2,(H,17,21)(H,18,22). The second-order valence-corrected chi connectivity index (χ2v) is 5.25. The third-order valence-corrected chi connectivity index (χ3v) is 3.30. The molecule has 0 saturated carbocycles. The summed E-state index contributed by atoms with van der Waals surface area (Å²) in [5.41, 5.74) is 4.77. The summed E-state index contributed by atoms with van der Waals surface area (Å²) >= 11 is 0. The Bertz CT molecular complexity index is 794. The number of amides is 2. The number of nitrogens with one attached hydrogen (secondary N) is 2. The molecule has 12 heteroatoms. The zero-order valence-corrected chi connectivity index (χ0v) is 14.2. The van der Waals surface area contributed by atoms with E-state index >= 15 is 0 Å². The third kappa shape index (κ3) is 6.25. The van der Waals surface area contributed by atoms with E-state index < -0.39 is 22.0 Å². The molecular weight excluding hydrogens is 376 g/mol. The number of non-ortho nitro benzene ring substituents is 2. The first-order chi connectivity index (χ1) is 13.3. The van der Waals surface area contributed by atoms with Gasteiger partial charge in [0, 0.05) is 24.3 Å². The van der Waals surface area contributed by atoms with Gasteiger partial charge in [-0.25, -0.2) is 20.4 Å². The van der Waals surface area contributed by atoms with Crippen molar-refractivity contribution in [1.29, 1.82) is 0 Å². The molecule has 146 valence electrons. The van der Waals surface area contributed by atoms with Crippen molar-refractivity contribution in [3.8, 4) is 0 Å². The Morgan fingerprint density at radius 2 is 1.04 bits per heavy atom. The lowest BCUT2D eigenvalue weighted by Crippen LogP contribution is -2.42. The first-order valence-corrected chi connectivity index (χ1v) is 7.67. The number of carbonyl (C=O) groups excluding carboxylic acids is 2. The fraction of sp³-hybridized carbons (Fsp3) is 0.125. The van der Waals surface area contributed by atoms with Gasteiger partial charge in [-0.2, -0.15) is 0 Å². The average molecular weight is 390 g/mol. The first kappa shape index (κ1) is 20.1. The molecule has 0 aromatic heterocycles. The van der Waals surface area contributed by atoms with Gasteiger partial charge in [-0.1, -0.05) is 0 Å². The van der Waals surface area contributed by atoms with Crippen molar-refractivity contribution in [2.24, 2.45) is 0 Å². The van der Waals surface area contributed by atoms with Gasteiger partial charge >= 0.3 is 12.2 Å². The first-order valence-electron chi connectivity index (χ1n) is 7.67. The molecule has 0 aliphatic carbocycles. The lowest BCUT2D eigenvalue weighted by molar-refractivity contribution is -0.385. The molecule has 0 fully saturated rings. The van der Waals surface area contributed by atoms with Crippen molar-refractivity contribution < 1.29 is 28.9 Å². The lowest BCUT2D eigenvalue weighted by Gasteiger charge is -2.09. The van der Waals surface area contributed by atoms with Crippen LogP contribution in [0.15, 0.2) is 48.5 Å². The van der Waals surface area contributed by atoms with Crippen LogP contribution in [0.2, 0.25) is 0 Å². The van der Waals surface area contributed by atoms with Crippen LogP contribution in [0, 0.1) is 20.2 Å². The summed E-state index contributed by atoms with van der Waals surface area (Å²) < 4.78 is 9.65. The van der Waals surface area contributed by atoms with Gasteiger partial charge in [-0.15, -0.1) is 0 Å². The van der Waals surface area contributed by atoms with E-state index in [9.17, 15) is 29.8 Å². The van der Waals surface area contributed by atoms with Gasteiger partial charge in [-0.05, 0) is 35.4 Å². The van der Waals surface area contributed by atoms with Crippen molar-refractivity contribution >= 4 is 23.6 Å². The zero-order valence-electron chi connectivity index (χ0n) is 14.2. The quantitative estimate of drug-likeness (QED) is 0.561. The Kier molecular flexibility index (Phi) is 6.80. The number of nitrogens with zero attached hydrogens (tertiary/aromatic N) is 2. The second-order valence-electron chi connectivity index (χ2n) is 5.25. The minimum absolute atomic E-state index is 0.0920. The number of rotatable bonds is 6. The summed E-state index contributed by atoms with van der Waals surface area (Å²) in [6.07, 6.45) is -1.93. The lowest BCUT2D eigenvalue weighted by atomic mass is 10.2. The Morgan fingerprint density at radius 1 is 0.714 bits per heavy atom.